The van der Waals surface area contributed by atoms with Gasteiger partial charge in [0.2, 0.25) is 0 Å². The van der Waals surface area contributed by atoms with Crippen molar-refractivity contribution in [2.75, 3.05) is 11.9 Å². The predicted octanol–water partition coefficient (Wildman–Crippen LogP) is 3.94. The van der Waals surface area contributed by atoms with Gasteiger partial charge in [-0.3, -0.25) is 0 Å². The van der Waals surface area contributed by atoms with Crippen LogP contribution in [0.1, 0.15) is 20.3 Å². The van der Waals surface area contributed by atoms with Crippen molar-refractivity contribution in [1.82, 2.24) is 0 Å². The lowest BCUT2D eigenvalue weighted by molar-refractivity contribution is 0.592. The lowest BCUT2D eigenvalue weighted by Crippen LogP contribution is -2.10. The largest absolute Gasteiger partial charge is 0.385 e. The quantitative estimate of drug-likeness (QED) is 0.803. The van der Waals surface area contributed by atoms with Crippen molar-refractivity contribution < 1.29 is 4.39 Å². The molecule has 0 saturated carbocycles. The Balaban J connectivity index is 2.55. The van der Waals surface area contributed by atoms with Crippen LogP contribution in [0.25, 0.3) is 0 Å². The molecule has 3 heteroatoms. The van der Waals surface area contributed by atoms with Gasteiger partial charge < -0.3 is 5.32 Å². The molecule has 0 spiro atoms. The summed E-state index contributed by atoms with van der Waals surface area (Å²) in [6.45, 7) is 5.14. The van der Waals surface area contributed by atoms with Crippen LogP contribution < -0.4 is 5.32 Å². The lowest BCUT2D eigenvalue weighted by atomic mass is 10.1. The molecule has 0 radical (unpaired) electrons. The number of anilines is 1. The van der Waals surface area contributed by atoms with Crippen LogP contribution in [0.3, 0.4) is 0 Å². The summed E-state index contributed by atoms with van der Waals surface area (Å²) < 4.78 is 13.0. The third kappa shape index (κ3) is 3.18. The van der Waals surface area contributed by atoms with Gasteiger partial charge in [0.25, 0.3) is 0 Å². The molecule has 78 valence electrons. The number of hydrogen-bond acceptors (Lipinski definition) is 1. The molecule has 1 unspecified atom stereocenters. The monoisotopic (exact) mass is 215 g/mol. The molecular formula is C11H15ClFN. The summed E-state index contributed by atoms with van der Waals surface area (Å²) in [6.07, 6.45) is 1.11. The van der Waals surface area contributed by atoms with Gasteiger partial charge in [0.1, 0.15) is 5.82 Å². The minimum atomic E-state index is -0.374. The maximum atomic E-state index is 13.0. The van der Waals surface area contributed by atoms with Crippen LogP contribution in [0.4, 0.5) is 10.1 Å². The van der Waals surface area contributed by atoms with Crippen molar-refractivity contribution in [1.29, 1.82) is 0 Å². The van der Waals surface area contributed by atoms with E-state index in [9.17, 15) is 4.39 Å². The van der Waals surface area contributed by atoms with Crippen LogP contribution in [0, 0.1) is 11.7 Å². The van der Waals surface area contributed by atoms with Gasteiger partial charge in [0.15, 0.2) is 0 Å². The minimum Gasteiger partial charge on any atom is -0.385 e. The number of nitrogens with one attached hydrogen (secondary N) is 1. The van der Waals surface area contributed by atoms with Gasteiger partial charge in [-0.15, -0.1) is 0 Å². The first-order chi connectivity index (χ1) is 6.63. The summed E-state index contributed by atoms with van der Waals surface area (Å²) in [4.78, 5) is 0. The van der Waals surface area contributed by atoms with Gasteiger partial charge in [-0.2, -0.15) is 0 Å². The van der Waals surface area contributed by atoms with Crippen molar-refractivity contribution in [3.8, 4) is 0 Å². The number of benzene rings is 1. The second-order valence-electron chi connectivity index (χ2n) is 3.52. The molecule has 0 aromatic heterocycles. The van der Waals surface area contributed by atoms with Gasteiger partial charge in [-0.1, -0.05) is 31.9 Å². The molecule has 1 atom stereocenters. The molecule has 1 aromatic carbocycles. The average molecular weight is 216 g/mol. The smallest absolute Gasteiger partial charge is 0.143 e. The van der Waals surface area contributed by atoms with E-state index >= 15 is 0 Å². The summed E-state index contributed by atoms with van der Waals surface area (Å²) in [5.41, 5.74) is 0.784. The number of halogens is 2. The van der Waals surface area contributed by atoms with Gasteiger partial charge in [-0.25, -0.2) is 4.39 Å². The molecule has 0 amide bonds. The topological polar surface area (TPSA) is 12.0 Å². The van der Waals surface area contributed by atoms with E-state index in [1.807, 2.05) is 0 Å². The maximum Gasteiger partial charge on any atom is 0.143 e. The van der Waals surface area contributed by atoms with Crippen LogP contribution >= 0.6 is 11.6 Å². The van der Waals surface area contributed by atoms with Crippen LogP contribution in [0.5, 0.6) is 0 Å². The maximum absolute atomic E-state index is 13.0. The molecule has 0 aliphatic heterocycles. The zero-order valence-corrected chi connectivity index (χ0v) is 9.24. The summed E-state index contributed by atoms with van der Waals surface area (Å²) in [7, 11) is 0. The van der Waals surface area contributed by atoms with Gasteiger partial charge in [-0.05, 0) is 24.1 Å². The standard InChI is InChI=1S/C11H15ClFN/c1-3-8(2)7-14-9-4-5-10(12)11(13)6-9/h4-6,8,14H,3,7H2,1-2H3. The van der Waals surface area contributed by atoms with Crippen molar-refractivity contribution in [3.05, 3.63) is 29.0 Å². The predicted molar refractivity (Wildman–Crippen MR) is 59.4 cm³/mol. The third-order valence-corrected chi connectivity index (χ3v) is 2.58. The Hall–Kier alpha value is -0.760. The SMILES string of the molecule is CCC(C)CNc1ccc(Cl)c(F)c1. The lowest BCUT2D eigenvalue weighted by Gasteiger charge is -2.11. The minimum absolute atomic E-state index is 0.166. The van der Waals surface area contributed by atoms with Gasteiger partial charge >= 0.3 is 0 Å². The Morgan fingerprint density at radius 1 is 1.50 bits per heavy atom. The molecule has 0 bridgehead atoms. The summed E-state index contributed by atoms with van der Waals surface area (Å²) in [5.74, 6) is 0.217. The van der Waals surface area contributed by atoms with E-state index in [0.717, 1.165) is 18.7 Å². The van der Waals surface area contributed by atoms with E-state index in [1.54, 1.807) is 12.1 Å². The average Bonchev–Trinajstić information content (AvgIpc) is 2.19. The fourth-order valence-electron chi connectivity index (χ4n) is 1.04. The highest BCUT2D eigenvalue weighted by Gasteiger charge is 2.02. The Bertz CT molecular complexity index is 301. The van der Waals surface area contributed by atoms with Crippen LogP contribution in [0.15, 0.2) is 18.2 Å². The molecule has 0 fully saturated rings. The fourth-order valence-corrected chi connectivity index (χ4v) is 1.16. The van der Waals surface area contributed by atoms with E-state index in [-0.39, 0.29) is 10.8 Å². The molecule has 1 nitrogen and oxygen atoms in total. The molecule has 0 saturated heterocycles. The van der Waals surface area contributed by atoms with Crippen molar-refractivity contribution in [2.45, 2.75) is 20.3 Å². The molecule has 1 aromatic rings. The first-order valence-electron chi connectivity index (χ1n) is 4.82. The van der Waals surface area contributed by atoms with Crippen molar-refractivity contribution >= 4 is 17.3 Å². The van der Waals surface area contributed by atoms with E-state index in [1.165, 1.54) is 6.07 Å². The Labute approximate surface area is 89.3 Å². The zero-order valence-electron chi connectivity index (χ0n) is 8.48. The van der Waals surface area contributed by atoms with Crippen LogP contribution in [-0.4, -0.2) is 6.54 Å². The second-order valence-corrected chi connectivity index (χ2v) is 3.93. The molecule has 0 heterocycles. The fraction of sp³-hybridized carbons (Fsp3) is 0.455. The zero-order chi connectivity index (χ0) is 10.6. The van der Waals surface area contributed by atoms with Gasteiger partial charge in [0, 0.05) is 12.2 Å². The number of rotatable bonds is 4. The summed E-state index contributed by atoms with van der Waals surface area (Å²) in [6, 6.07) is 4.77. The Kier molecular flexibility index (Phi) is 4.21. The van der Waals surface area contributed by atoms with E-state index in [2.05, 4.69) is 19.2 Å². The number of hydrogen-bond donors (Lipinski definition) is 1. The molecule has 1 N–H and O–H groups in total. The molecule has 0 aliphatic rings. The molecule has 1 rings (SSSR count). The first-order valence-corrected chi connectivity index (χ1v) is 5.20. The Morgan fingerprint density at radius 2 is 2.21 bits per heavy atom. The first kappa shape index (κ1) is 11.3. The molecular weight excluding hydrogens is 201 g/mol. The van der Waals surface area contributed by atoms with E-state index in [4.69, 9.17) is 11.6 Å². The van der Waals surface area contributed by atoms with Crippen LogP contribution in [0.2, 0.25) is 5.02 Å². The highest BCUT2D eigenvalue weighted by Crippen LogP contribution is 2.18. The highest BCUT2D eigenvalue weighted by atomic mass is 35.5. The summed E-state index contributed by atoms with van der Waals surface area (Å²) >= 11 is 5.57. The van der Waals surface area contributed by atoms with E-state index < -0.39 is 0 Å². The van der Waals surface area contributed by atoms with Crippen LogP contribution in [-0.2, 0) is 0 Å². The third-order valence-electron chi connectivity index (χ3n) is 2.27. The van der Waals surface area contributed by atoms with Crippen molar-refractivity contribution in [2.24, 2.45) is 5.92 Å². The normalized spacial score (nSPS) is 12.6. The van der Waals surface area contributed by atoms with E-state index in [0.29, 0.717) is 5.92 Å². The molecule has 0 aliphatic carbocycles. The highest BCUT2D eigenvalue weighted by molar-refractivity contribution is 6.30. The van der Waals surface area contributed by atoms with Crippen molar-refractivity contribution in [3.63, 3.8) is 0 Å². The Morgan fingerprint density at radius 3 is 2.79 bits per heavy atom. The molecule has 14 heavy (non-hydrogen) atoms. The summed E-state index contributed by atoms with van der Waals surface area (Å²) in [5, 5.41) is 3.33. The van der Waals surface area contributed by atoms with Gasteiger partial charge in [0.05, 0.1) is 5.02 Å². The second kappa shape index (κ2) is 5.20.